The Morgan fingerprint density at radius 2 is 1.56 bits per heavy atom. The summed E-state index contributed by atoms with van der Waals surface area (Å²) in [5.41, 5.74) is 2.73. The zero-order valence-corrected chi connectivity index (χ0v) is 46.2. The van der Waals surface area contributed by atoms with Crippen molar-refractivity contribution < 1.29 is 37.3 Å². The van der Waals surface area contributed by atoms with Crippen molar-refractivity contribution in [3.8, 4) is 34.5 Å². The number of rotatable bonds is 13. The predicted octanol–water partition coefficient (Wildman–Crippen LogP) is 14.3. The van der Waals surface area contributed by atoms with E-state index in [1.165, 1.54) is 12.3 Å². The van der Waals surface area contributed by atoms with Gasteiger partial charge >= 0.3 is 12.1 Å². The maximum atomic E-state index is 18.6. The zero-order chi connectivity index (χ0) is 54.8. The smallest absolute Gasteiger partial charge is 0.429 e. The van der Waals surface area contributed by atoms with Crippen LogP contribution < -0.4 is 14.2 Å². The monoisotopic (exact) mass is 1000 g/mol. The normalized spacial score (nSPS) is 21.9. The fraction of sp³-hybridized carbons (Fsp3) is 0.636. The first-order valence-corrected chi connectivity index (χ1v) is 29.9. The minimum atomic E-state index is -2.66. The third-order valence-corrected chi connectivity index (χ3v) is 27.6. The Morgan fingerprint density at radius 3 is 2.19 bits per heavy atom. The molecule has 382 valence electrons. The van der Waals surface area contributed by atoms with E-state index in [0.717, 1.165) is 11.4 Å². The van der Waals surface area contributed by atoms with Crippen molar-refractivity contribution in [3.05, 3.63) is 47.7 Å². The first-order chi connectivity index (χ1) is 34.3. The van der Waals surface area contributed by atoms with Gasteiger partial charge in [0, 0.05) is 43.1 Å². The van der Waals surface area contributed by atoms with Gasteiger partial charge in [0.2, 0.25) is 0 Å². The van der Waals surface area contributed by atoms with Crippen molar-refractivity contribution in [1.29, 1.82) is 0 Å². The SMILES string of the molecule is [2H]C1([2H])CCCC([2H])([2H])N(c2nc(OC[C@@]34CCCN3C[C@H](F)C4)nc3c(F)c(-c4cc(O[Si](C(C)C)(C(C)C)C(C)C)cc5ccc(F)c(C#C[Si](C(C)C)(C(C)C)C(C)C)c45)ncc23)N1C(=O)OC(C)(C)C. The van der Waals surface area contributed by atoms with Crippen LogP contribution in [0.2, 0.25) is 33.2 Å². The molecule has 2 aromatic carbocycles. The Labute approximate surface area is 423 Å². The minimum Gasteiger partial charge on any atom is -0.543 e. The number of amides is 1. The minimum absolute atomic E-state index is 0.0264. The maximum Gasteiger partial charge on any atom is 0.429 e. The number of pyridine rings is 1. The van der Waals surface area contributed by atoms with Crippen LogP contribution in [0.3, 0.4) is 0 Å². The molecule has 3 aliphatic heterocycles. The zero-order valence-electron chi connectivity index (χ0n) is 48.2. The summed E-state index contributed by atoms with van der Waals surface area (Å²) in [6.45, 7) is 26.7. The number of carbonyl (C=O) groups excluding carboxylic acids is 1. The number of ether oxygens (including phenoxy) is 2. The van der Waals surface area contributed by atoms with Crippen molar-refractivity contribution in [2.75, 3.05) is 37.7 Å². The van der Waals surface area contributed by atoms with Crippen LogP contribution in [-0.4, -0.2) is 97.3 Å². The fourth-order valence-electron chi connectivity index (χ4n) is 12.2. The maximum absolute atomic E-state index is 18.6. The summed E-state index contributed by atoms with van der Waals surface area (Å²) in [6, 6.07) is 6.22. The van der Waals surface area contributed by atoms with Crippen LogP contribution in [0, 0.1) is 23.1 Å². The molecule has 0 N–H and O–H groups in total. The fourth-order valence-corrected chi connectivity index (χ4v) is 22.7. The summed E-state index contributed by atoms with van der Waals surface area (Å²) in [6.07, 6.45) is 0.143. The van der Waals surface area contributed by atoms with Crippen LogP contribution in [0.1, 0.15) is 153 Å². The summed E-state index contributed by atoms with van der Waals surface area (Å²) in [5.74, 6) is 1.83. The summed E-state index contributed by atoms with van der Waals surface area (Å²) in [5, 5.41) is 2.07. The highest BCUT2D eigenvalue weighted by molar-refractivity contribution is 6.90. The molecule has 2 aromatic heterocycles. The summed E-state index contributed by atoms with van der Waals surface area (Å²) >= 11 is 0. The third kappa shape index (κ3) is 10.0. The number of aromatic nitrogens is 3. The second kappa shape index (κ2) is 20.6. The molecule has 0 spiro atoms. The highest BCUT2D eigenvalue weighted by atomic mass is 28.4. The van der Waals surface area contributed by atoms with Crippen LogP contribution in [0.4, 0.5) is 23.8 Å². The highest BCUT2D eigenvalue weighted by Gasteiger charge is 2.50. The Hall–Kier alpha value is -4.40. The Bertz CT molecular complexity index is 2780. The van der Waals surface area contributed by atoms with E-state index in [0.29, 0.717) is 34.5 Å². The lowest BCUT2D eigenvalue weighted by molar-refractivity contribution is 0.0232. The molecule has 2 atom stereocenters. The van der Waals surface area contributed by atoms with E-state index >= 15 is 13.2 Å². The van der Waals surface area contributed by atoms with Crippen molar-refractivity contribution in [2.24, 2.45) is 0 Å². The molecule has 3 saturated heterocycles. The van der Waals surface area contributed by atoms with E-state index in [1.807, 2.05) is 11.0 Å². The van der Waals surface area contributed by atoms with Gasteiger partial charge in [-0.05, 0) is 116 Å². The Balaban J connectivity index is 1.57. The largest absolute Gasteiger partial charge is 0.543 e. The van der Waals surface area contributed by atoms with E-state index in [4.69, 9.17) is 23.9 Å². The molecular formula is C55H79F3N6O4Si2. The number of benzene rings is 2. The average Bonchev–Trinajstić information content (AvgIpc) is 3.78. The molecule has 1 amide bonds. The number of alkyl halides is 1. The molecule has 5 heterocycles. The van der Waals surface area contributed by atoms with E-state index in [-0.39, 0.29) is 99.8 Å². The van der Waals surface area contributed by atoms with Crippen molar-refractivity contribution >= 4 is 50.0 Å². The molecule has 0 aliphatic carbocycles. The second-order valence-electron chi connectivity index (χ2n) is 22.7. The number of nitrogens with zero attached hydrogens (tertiary/aromatic N) is 6. The van der Waals surface area contributed by atoms with Gasteiger partial charge in [0.1, 0.15) is 49.2 Å². The van der Waals surface area contributed by atoms with Gasteiger partial charge in [-0.25, -0.2) is 23.0 Å². The van der Waals surface area contributed by atoms with Crippen LogP contribution in [-0.2, 0) is 4.74 Å². The van der Waals surface area contributed by atoms with E-state index in [1.54, 1.807) is 32.9 Å². The topological polar surface area (TPSA) is 93.1 Å². The molecule has 7 rings (SSSR count). The lowest BCUT2D eigenvalue weighted by atomic mass is 9.95. The van der Waals surface area contributed by atoms with E-state index in [9.17, 15) is 10.3 Å². The van der Waals surface area contributed by atoms with Crippen LogP contribution >= 0.6 is 0 Å². The average molecular weight is 1010 g/mol. The molecule has 10 nitrogen and oxygen atoms in total. The van der Waals surface area contributed by atoms with Gasteiger partial charge in [0.05, 0.1) is 22.0 Å². The van der Waals surface area contributed by atoms with Crippen molar-refractivity contribution in [2.45, 2.75) is 193 Å². The third-order valence-electron chi connectivity index (χ3n) is 15.3. The lowest BCUT2D eigenvalue weighted by Gasteiger charge is -2.42. The van der Waals surface area contributed by atoms with Gasteiger partial charge in [0.25, 0.3) is 8.32 Å². The number of hydrogen-bond donors (Lipinski definition) is 0. The van der Waals surface area contributed by atoms with E-state index < -0.39 is 76.3 Å². The predicted molar refractivity (Wildman–Crippen MR) is 282 cm³/mol. The van der Waals surface area contributed by atoms with Crippen molar-refractivity contribution in [3.63, 3.8) is 0 Å². The standard InChI is InChI=1S/C55H79F3N6O4Si2/c1-34(2)69(35(3)4,36(5)6)27-22-43-46(57)21-20-40-28-42(68-70(37(7)8,38(9)10)39(11)12)29-44(47(40)43)49-48(58)50-45(31-59-49)51(63-25-17-16-18-26-64(63)53(65)67-54(13,14)15)61-52(60-50)66-33-55-23-19-24-62(55)32-41(56)30-55/h20-21,28-29,31,34-39,41H,16-19,23-26,30,32-33H2,1-15H3/t41-,55+/m1/s1/i25D2,26D2. The number of carbonyl (C=O) groups is 1. The lowest BCUT2D eigenvalue weighted by Crippen LogP contribution is -2.50. The number of halogens is 3. The summed E-state index contributed by atoms with van der Waals surface area (Å²) in [4.78, 5) is 30.5. The number of anilines is 1. The second-order valence-corrected chi connectivity index (χ2v) is 33.7. The molecule has 70 heavy (non-hydrogen) atoms. The molecule has 0 saturated carbocycles. The van der Waals surface area contributed by atoms with Crippen LogP contribution in [0.15, 0.2) is 30.5 Å². The molecule has 3 fully saturated rings. The quantitative estimate of drug-likeness (QED) is 0.0959. The Morgan fingerprint density at radius 1 is 0.900 bits per heavy atom. The van der Waals surface area contributed by atoms with E-state index in [2.05, 4.69) is 99.5 Å². The summed E-state index contributed by atoms with van der Waals surface area (Å²) in [7, 11) is -5.11. The van der Waals surface area contributed by atoms with Gasteiger partial charge in [-0.2, -0.15) is 9.97 Å². The molecule has 4 aromatic rings. The molecule has 0 radical (unpaired) electrons. The summed E-state index contributed by atoms with van der Waals surface area (Å²) < 4.78 is 107. The molecule has 15 heteroatoms. The molecule has 0 unspecified atom stereocenters. The number of hydrogen-bond acceptors (Lipinski definition) is 9. The first-order valence-electron chi connectivity index (χ1n) is 27.5. The van der Waals surface area contributed by atoms with Gasteiger partial charge in [-0.3, -0.25) is 14.9 Å². The van der Waals surface area contributed by atoms with Crippen LogP contribution in [0.25, 0.3) is 32.9 Å². The van der Waals surface area contributed by atoms with Crippen LogP contribution in [0.5, 0.6) is 11.8 Å². The highest BCUT2D eigenvalue weighted by Crippen LogP contribution is 2.47. The van der Waals surface area contributed by atoms with Gasteiger partial charge in [-0.15, -0.1) is 5.54 Å². The number of hydrazine groups is 1. The van der Waals surface area contributed by atoms with Crippen molar-refractivity contribution in [1.82, 2.24) is 24.9 Å². The molecular weight excluding hydrogens is 922 g/mol. The molecule has 0 bridgehead atoms. The first kappa shape index (κ1) is 47.9. The van der Waals surface area contributed by atoms with Gasteiger partial charge in [0.15, 0.2) is 11.6 Å². The van der Waals surface area contributed by atoms with Gasteiger partial charge in [-0.1, -0.05) is 95.1 Å². The Kier molecular flexibility index (Phi) is 14.1. The van der Waals surface area contributed by atoms with Gasteiger partial charge < -0.3 is 13.9 Å². The number of fused-ring (bicyclic) bond motifs is 3. The molecule has 3 aliphatic rings.